The summed E-state index contributed by atoms with van der Waals surface area (Å²) in [5, 5.41) is 0. The molecule has 2 fully saturated rings. The second-order valence-corrected chi connectivity index (χ2v) is 15.1. The average molecular weight is 579 g/mol. The van der Waals surface area contributed by atoms with Crippen LogP contribution in [0.25, 0.3) is 0 Å². The van der Waals surface area contributed by atoms with Gasteiger partial charge in [0, 0.05) is 21.7 Å². The summed E-state index contributed by atoms with van der Waals surface area (Å²) in [4.78, 5) is -0.859. The summed E-state index contributed by atoms with van der Waals surface area (Å²) in [6.07, 6.45) is 6.58. The van der Waals surface area contributed by atoms with E-state index >= 15 is 0 Å². The van der Waals surface area contributed by atoms with E-state index in [0.717, 1.165) is 12.8 Å². The van der Waals surface area contributed by atoms with Gasteiger partial charge in [0.15, 0.2) is 0 Å². The fourth-order valence-electron chi connectivity index (χ4n) is 8.11. The number of ether oxygens (including phenoxy) is 1. The maximum Gasteiger partial charge on any atom is 0.119 e. The first-order chi connectivity index (χ1) is 19.7. The standard InChI is InChI=1S/C38H42OS2/c1-33(27-37(33,29-19-11-7-12-20-29)30-21-13-8-14-22-30)35(3,40-5)39-36(4,41-6)34(2)28-38(34,31-23-15-9-16-24-31)32-25-17-10-18-26-32/h7-26H,27-28H2,1-6H3. The van der Waals surface area contributed by atoms with E-state index in [-0.39, 0.29) is 21.7 Å². The second kappa shape index (κ2) is 10.1. The maximum absolute atomic E-state index is 7.70. The third kappa shape index (κ3) is 3.95. The van der Waals surface area contributed by atoms with Crippen LogP contribution >= 0.6 is 23.5 Å². The first-order valence-corrected chi connectivity index (χ1v) is 17.1. The highest BCUT2D eigenvalue weighted by Crippen LogP contribution is 2.79. The molecule has 212 valence electrons. The molecule has 0 spiro atoms. The molecule has 1 nitrogen and oxygen atoms in total. The van der Waals surface area contributed by atoms with E-state index in [1.807, 2.05) is 23.5 Å². The number of hydrogen-bond acceptors (Lipinski definition) is 3. The monoisotopic (exact) mass is 578 g/mol. The molecular formula is C38H42OS2. The van der Waals surface area contributed by atoms with Gasteiger partial charge in [-0.3, -0.25) is 0 Å². The summed E-state index contributed by atoms with van der Waals surface area (Å²) in [6, 6.07) is 44.4. The van der Waals surface area contributed by atoms with Crippen molar-refractivity contribution >= 4 is 23.5 Å². The van der Waals surface area contributed by atoms with Gasteiger partial charge in [0.05, 0.1) is 0 Å². The van der Waals surface area contributed by atoms with Crippen LogP contribution < -0.4 is 0 Å². The van der Waals surface area contributed by atoms with Gasteiger partial charge in [-0.05, 0) is 61.5 Å². The summed E-state index contributed by atoms with van der Waals surface area (Å²) in [7, 11) is 0. The van der Waals surface area contributed by atoms with Crippen molar-refractivity contribution in [3.8, 4) is 0 Å². The Labute approximate surface area is 255 Å². The van der Waals surface area contributed by atoms with Crippen molar-refractivity contribution in [2.75, 3.05) is 12.5 Å². The van der Waals surface area contributed by atoms with Crippen molar-refractivity contribution in [3.05, 3.63) is 144 Å². The van der Waals surface area contributed by atoms with Crippen LogP contribution in [0.2, 0.25) is 0 Å². The van der Waals surface area contributed by atoms with Gasteiger partial charge in [-0.1, -0.05) is 135 Å². The van der Waals surface area contributed by atoms with Crippen LogP contribution in [0.15, 0.2) is 121 Å². The van der Waals surface area contributed by atoms with Crippen LogP contribution in [0, 0.1) is 10.8 Å². The van der Waals surface area contributed by atoms with Crippen molar-refractivity contribution in [1.82, 2.24) is 0 Å². The molecule has 0 radical (unpaired) electrons. The number of benzene rings is 4. The molecule has 41 heavy (non-hydrogen) atoms. The Morgan fingerprint density at radius 3 is 0.951 bits per heavy atom. The zero-order valence-electron chi connectivity index (χ0n) is 25.2. The number of rotatable bonds is 10. The molecule has 4 unspecified atom stereocenters. The van der Waals surface area contributed by atoms with Gasteiger partial charge in [0.25, 0.3) is 0 Å². The van der Waals surface area contributed by atoms with Crippen molar-refractivity contribution < 1.29 is 4.74 Å². The smallest absolute Gasteiger partial charge is 0.119 e. The first-order valence-electron chi connectivity index (χ1n) is 14.7. The van der Waals surface area contributed by atoms with E-state index in [9.17, 15) is 0 Å². The van der Waals surface area contributed by atoms with Crippen LogP contribution in [-0.2, 0) is 15.6 Å². The zero-order chi connectivity index (χ0) is 29.0. The SMILES string of the molecule is CSC(C)(OC(C)(SC)C1(C)CC1(c1ccccc1)c1ccccc1)C1(C)CC1(c1ccccc1)c1ccccc1. The van der Waals surface area contributed by atoms with Gasteiger partial charge in [0.2, 0.25) is 0 Å². The van der Waals surface area contributed by atoms with Gasteiger partial charge >= 0.3 is 0 Å². The summed E-state index contributed by atoms with van der Waals surface area (Å²) >= 11 is 3.75. The Morgan fingerprint density at radius 1 is 0.488 bits per heavy atom. The lowest BCUT2D eigenvalue weighted by atomic mass is 9.77. The Hall–Kier alpha value is -2.46. The van der Waals surface area contributed by atoms with E-state index in [2.05, 4.69) is 162 Å². The lowest BCUT2D eigenvalue weighted by Crippen LogP contribution is -2.50. The predicted molar refractivity (Wildman–Crippen MR) is 178 cm³/mol. The molecule has 0 amide bonds. The predicted octanol–water partition coefficient (Wildman–Crippen LogP) is 9.95. The topological polar surface area (TPSA) is 9.23 Å². The average Bonchev–Trinajstić information content (AvgIpc) is 3.90. The quantitative estimate of drug-likeness (QED) is 0.173. The highest BCUT2D eigenvalue weighted by molar-refractivity contribution is 8.00. The zero-order valence-corrected chi connectivity index (χ0v) is 26.8. The summed E-state index contributed by atoms with van der Waals surface area (Å²) in [5.41, 5.74) is 5.10. The lowest BCUT2D eigenvalue weighted by Gasteiger charge is -2.48. The molecule has 0 aliphatic heterocycles. The summed E-state index contributed by atoms with van der Waals surface area (Å²) in [6.45, 7) is 9.64. The second-order valence-electron chi connectivity index (χ2n) is 12.7. The molecule has 0 saturated heterocycles. The molecule has 0 bridgehead atoms. The van der Waals surface area contributed by atoms with Gasteiger partial charge < -0.3 is 4.74 Å². The van der Waals surface area contributed by atoms with Crippen molar-refractivity contribution in [3.63, 3.8) is 0 Å². The Kier molecular flexibility index (Phi) is 7.04. The van der Waals surface area contributed by atoms with Crippen molar-refractivity contribution in [2.24, 2.45) is 10.8 Å². The van der Waals surface area contributed by atoms with Gasteiger partial charge in [0.1, 0.15) is 9.87 Å². The largest absolute Gasteiger partial charge is 0.347 e. The minimum atomic E-state index is -0.429. The normalized spacial score (nSPS) is 26.9. The molecule has 0 aromatic heterocycles. The Bertz CT molecular complexity index is 1300. The van der Waals surface area contributed by atoms with Crippen LogP contribution in [-0.4, -0.2) is 22.4 Å². The summed E-state index contributed by atoms with van der Waals surface area (Å²) in [5.74, 6) is 0. The molecular weight excluding hydrogens is 537 g/mol. The molecule has 4 aromatic rings. The van der Waals surface area contributed by atoms with E-state index in [1.165, 1.54) is 22.3 Å². The molecule has 0 heterocycles. The van der Waals surface area contributed by atoms with Crippen molar-refractivity contribution in [2.45, 2.75) is 61.2 Å². The minimum absolute atomic E-state index is 0.104. The molecule has 4 aromatic carbocycles. The molecule has 6 rings (SSSR count). The van der Waals surface area contributed by atoms with Gasteiger partial charge in [-0.2, -0.15) is 0 Å². The fourth-order valence-corrected chi connectivity index (χ4v) is 10.1. The van der Waals surface area contributed by atoms with E-state index in [4.69, 9.17) is 4.74 Å². The first kappa shape index (κ1) is 28.6. The van der Waals surface area contributed by atoms with Crippen LogP contribution in [0.3, 0.4) is 0 Å². The van der Waals surface area contributed by atoms with Gasteiger partial charge in [-0.15, -0.1) is 23.5 Å². The number of thioether (sulfide) groups is 2. The van der Waals surface area contributed by atoms with Crippen LogP contribution in [0.5, 0.6) is 0 Å². The lowest BCUT2D eigenvalue weighted by molar-refractivity contribution is -0.108. The highest BCUT2D eigenvalue weighted by atomic mass is 32.2. The van der Waals surface area contributed by atoms with Crippen molar-refractivity contribution in [1.29, 1.82) is 0 Å². The molecule has 4 atom stereocenters. The molecule has 2 saturated carbocycles. The number of hydrogen-bond donors (Lipinski definition) is 0. The molecule has 3 heteroatoms. The van der Waals surface area contributed by atoms with E-state index in [1.54, 1.807) is 0 Å². The molecule has 0 N–H and O–H groups in total. The molecule has 2 aliphatic rings. The van der Waals surface area contributed by atoms with Crippen LogP contribution in [0.4, 0.5) is 0 Å². The fraction of sp³-hybridized carbons (Fsp3) is 0.368. The van der Waals surface area contributed by atoms with E-state index < -0.39 is 9.87 Å². The Balaban J connectivity index is 1.44. The third-order valence-electron chi connectivity index (χ3n) is 11.1. The van der Waals surface area contributed by atoms with E-state index in [0.29, 0.717) is 0 Å². The Morgan fingerprint density at radius 2 is 0.732 bits per heavy atom. The summed E-state index contributed by atoms with van der Waals surface area (Å²) < 4.78 is 7.70. The van der Waals surface area contributed by atoms with Gasteiger partial charge in [-0.25, -0.2) is 0 Å². The minimum Gasteiger partial charge on any atom is -0.347 e. The maximum atomic E-state index is 7.70. The third-order valence-corrected chi connectivity index (χ3v) is 13.7. The highest BCUT2D eigenvalue weighted by Gasteiger charge is 2.78. The van der Waals surface area contributed by atoms with Crippen LogP contribution in [0.1, 0.15) is 62.8 Å². The molecule has 2 aliphatic carbocycles.